The van der Waals surface area contributed by atoms with Crippen LogP contribution in [0.5, 0.6) is 0 Å². The lowest BCUT2D eigenvalue weighted by molar-refractivity contribution is 0.0772. The van der Waals surface area contributed by atoms with E-state index in [-0.39, 0.29) is 11.8 Å². The van der Waals surface area contributed by atoms with Gasteiger partial charge >= 0.3 is 0 Å². The Labute approximate surface area is 108 Å². The summed E-state index contributed by atoms with van der Waals surface area (Å²) in [7, 11) is 0. The molecule has 5 nitrogen and oxygen atoms in total. The van der Waals surface area contributed by atoms with Gasteiger partial charge in [-0.15, -0.1) is 5.10 Å². The van der Waals surface area contributed by atoms with E-state index in [1.807, 2.05) is 18.7 Å². The van der Waals surface area contributed by atoms with E-state index in [4.69, 9.17) is 0 Å². The zero-order valence-corrected chi connectivity index (χ0v) is 11.6. The van der Waals surface area contributed by atoms with Crippen LogP contribution in [0.1, 0.15) is 56.5 Å². The highest BCUT2D eigenvalue weighted by molar-refractivity contribution is 5.90. The number of carbonyl (C=O) groups is 1. The first-order valence-electron chi connectivity index (χ1n) is 6.70. The SMILES string of the molecule is CC(C)c1nc(C(=O)N2CCC(C(C)C)C2)n[nH]1. The molecule has 1 aliphatic heterocycles. The summed E-state index contributed by atoms with van der Waals surface area (Å²) in [5, 5.41) is 6.86. The Morgan fingerprint density at radius 3 is 2.61 bits per heavy atom. The van der Waals surface area contributed by atoms with Gasteiger partial charge in [0, 0.05) is 19.0 Å². The zero-order chi connectivity index (χ0) is 13.3. The highest BCUT2D eigenvalue weighted by atomic mass is 16.2. The summed E-state index contributed by atoms with van der Waals surface area (Å²) in [4.78, 5) is 18.4. The molecule has 0 bridgehead atoms. The molecule has 1 fully saturated rings. The highest BCUT2D eigenvalue weighted by Crippen LogP contribution is 2.24. The molecule has 1 aromatic heterocycles. The first-order chi connectivity index (χ1) is 8.49. The van der Waals surface area contributed by atoms with Gasteiger partial charge in [0.1, 0.15) is 5.82 Å². The van der Waals surface area contributed by atoms with E-state index >= 15 is 0 Å². The molecule has 2 heterocycles. The number of amides is 1. The third-order valence-electron chi connectivity index (χ3n) is 3.70. The van der Waals surface area contributed by atoms with Crippen molar-refractivity contribution in [2.75, 3.05) is 13.1 Å². The number of hydrogen-bond acceptors (Lipinski definition) is 3. The summed E-state index contributed by atoms with van der Waals surface area (Å²) in [5.74, 6) is 2.54. The second kappa shape index (κ2) is 5.08. The monoisotopic (exact) mass is 250 g/mol. The lowest BCUT2D eigenvalue weighted by Gasteiger charge is -2.16. The lowest BCUT2D eigenvalue weighted by Crippen LogP contribution is -2.30. The van der Waals surface area contributed by atoms with Gasteiger partial charge in [-0.2, -0.15) is 0 Å². The predicted molar refractivity (Wildman–Crippen MR) is 69.3 cm³/mol. The average Bonchev–Trinajstić information content (AvgIpc) is 2.97. The van der Waals surface area contributed by atoms with Crippen LogP contribution >= 0.6 is 0 Å². The number of aromatic nitrogens is 3. The van der Waals surface area contributed by atoms with Crippen molar-refractivity contribution in [3.63, 3.8) is 0 Å². The van der Waals surface area contributed by atoms with Gasteiger partial charge in [-0.25, -0.2) is 4.98 Å². The number of hydrogen-bond donors (Lipinski definition) is 1. The maximum Gasteiger partial charge on any atom is 0.293 e. The molecule has 1 unspecified atom stereocenters. The molecule has 0 aromatic carbocycles. The van der Waals surface area contributed by atoms with Gasteiger partial charge in [0.25, 0.3) is 5.91 Å². The Kier molecular flexibility index (Phi) is 3.68. The normalized spacial score (nSPS) is 20.1. The molecule has 2 rings (SSSR count). The molecule has 1 aliphatic rings. The van der Waals surface area contributed by atoms with Crippen LogP contribution in [0.4, 0.5) is 0 Å². The van der Waals surface area contributed by atoms with Gasteiger partial charge in [-0.1, -0.05) is 27.7 Å². The van der Waals surface area contributed by atoms with E-state index in [9.17, 15) is 4.79 Å². The summed E-state index contributed by atoms with van der Waals surface area (Å²) >= 11 is 0. The summed E-state index contributed by atoms with van der Waals surface area (Å²) in [6, 6.07) is 0. The van der Waals surface area contributed by atoms with Crippen LogP contribution in [0.25, 0.3) is 0 Å². The summed E-state index contributed by atoms with van der Waals surface area (Å²) in [5.41, 5.74) is 0. The third-order valence-corrected chi connectivity index (χ3v) is 3.70. The quantitative estimate of drug-likeness (QED) is 0.893. The van der Waals surface area contributed by atoms with Crippen molar-refractivity contribution in [1.82, 2.24) is 20.1 Å². The molecule has 18 heavy (non-hydrogen) atoms. The van der Waals surface area contributed by atoms with Crippen LogP contribution in [0.3, 0.4) is 0 Å². The van der Waals surface area contributed by atoms with Gasteiger partial charge in [0.2, 0.25) is 5.82 Å². The van der Waals surface area contributed by atoms with Gasteiger partial charge in [0.05, 0.1) is 0 Å². The number of likely N-dealkylation sites (tertiary alicyclic amines) is 1. The number of H-pyrrole nitrogens is 1. The van der Waals surface area contributed by atoms with E-state index < -0.39 is 0 Å². The Morgan fingerprint density at radius 1 is 1.39 bits per heavy atom. The van der Waals surface area contributed by atoms with E-state index in [1.54, 1.807) is 0 Å². The molecule has 0 spiro atoms. The molecule has 1 amide bonds. The molecular formula is C13H22N4O. The molecule has 5 heteroatoms. The number of nitrogens with zero attached hydrogens (tertiary/aromatic N) is 3. The molecular weight excluding hydrogens is 228 g/mol. The standard InChI is InChI=1S/C13H22N4O/c1-8(2)10-5-6-17(7-10)13(18)12-14-11(9(3)4)15-16-12/h8-10H,5-7H2,1-4H3,(H,14,15,16). The van der Waals surface area contributed by atoms with Crippen LogP contribution in [0, 0.1) is 11.8 Å². The van der Waals surface area contributed by atoms with Gasteiger partial charge in [-0.05, 0) is 18.3 Å². The van der Waals surface area contributed by atoms with Crippen molar-refractivity contribution in [2.45, 2.75) is 40.0 Å². The van der Waals surface area contributed by atoms with Crippen molar-refractivity contribution in [3.8, 4) is 0 Å². The molecule has 0 radical (unpaired) electrons. The molecule has 0 saturated carbocycles. The molecule has 1 atom stereocenters. The fraction of sp³-hybridized carbons (Fsp3) is 0.769. The Balaban J connectivity index is 2.03. The average molecular weight is 250 g/mol. The highest BCUT2D eigenvalue weighted by Gasteiger charge is 2.30. The van der Waals surface area contributed by atoms with E-state index in [0.717, 1.165) is 25.3 Å². The molecule has 1 aromatic rings. The maximum atomic E-state index is 12.2. The minimum Gasteiger partial charge on any atom is -0.336 e. The van der Waals surface area contributed by atoms with Crippen LogP contribution in [-0.2, 0) is 0 Å². The van der Waals surface area contributed by atoms with Gasteiger partial charge < -0.3 is 4.90 Å². The Morgan fingerprint density at radius 2 is 2.11 bits per heavy atom. The molecule has 1 N–H and O–H groups in total. The smallest absolute Gasteiger partial charge is 0.293 e. The Hall–Kier alpha value is -1.39. The largest absolute Gasteiger partial charge is 0.336 e. The van der Waals surface area contributed by atoms with E-state index in [2.05, 4.69) is 29.0 Å². The summed E-state index contributed by atoms with van der Waals surface area (Å²) in [6.45, 7) is 10.1. The van der Waals surface area contributed by atoms with Crippen LogP contribution in [0.15, 0.2) is 0 Å². The molecule has 100 valence electrons. The lowest BCUT2D eigenvalue weighted by atomic mass is 9.95. The molecule has 1 saturated heterocycles. The second-order valence-corrected chi connectivity index (χ2v) is 5.74. The van der Waals surface area contributed by atoms with Gasteiger partial charge in [-0.3, -0.25) is 9.89 Å². The van der Waals surface area contributed by atoms with E-state index in [1.165, 1.54) is 0 Å². The maximum absolute atomic E-state index is 12.2. The fourth-order valence-electron chi connectivity index (χ4n) is 2.29. The topological polar surface area (TPSA) is 61.9 Å². The minimum absolute atomic E-state index is 0.0405. The number of rotatable bonds is 3. The van der Waals surface area contributed by atoms with Crippen molar-refractivity contribution in [1.29, 1.82) is 0 Å². The second-order valence-electron chi connectivity index (χ2n) is 5.74. The first-order valence-corrected chi connectivity index (χ1v) is 6.70. The van der Waals surface area contributed by atoms with Crippen molar-refractivity contribution in [3.05, 3.63) is 11.6 Å². The Bertz CT molecular complexity index is 424. The third kappa shape index (κ3) is 2.54. The van der Waals surface area contributed by atoms with Gasteiger partial charge in [0.15, 0.2) is 0 Å². The molecule has 0 aliphatic carbocycles. The number of aromatic amines is 1. The van der Waals surface area contributed by atoms with Crippen LogP contribution < -0.4 is 0 Å². The zero-order valence-electron chi connectivity index (χ0n) is 11.6. The van der Waals surface area contributed by atoms with Crippen molar-refractivity contribution >= 4 is 5.91 Å². The van der Waals surface area contributed by atoms with E-state index in [0.29, 0.717) is 17.7 Å². The van der Waals surface area contributed by atoms with Crippen molar-refractivity contribution < 1.29 is 4.79 Å². The summed E-state index contributed by atoms with van der Waals surface area (Å²) < 4.78 is 0. The van der Waals surface area contributed by atoms with Crippen LogP contribution in [-0.4, -0.2) is 39.1 Å². The minimum atomic E-state index is -0.0405. The first kappa shape index (κ1) is 13.1. The summed E-state index contributed by atoms with van der Waals surface area (Å²) in [6.07, 6.45) is 1.09. The van der Waals surface area contributed by atoms with Crippen LogP contribution in [0.2, 0.25) is 0 Å². The number of nitrogens with one attached hydrogen (secondary N) is 1. The fourth-order valence-corrected chi connectivity index (χ4v) is 2.29. The predicted octanol–water partition coefficient (Wildman–Crippen LogP) is 2.05. The van der Waals surface area contributed by atoms with Crippen molar-refractivity contribution in [2.24, 2.45) is 11.8 Å². The number of carbonyl (C=O) groups excluding carboxylic acids is 1.